The molecule has 2 N–H and O–H groups in total. The van der Waals surface area contributed by atoms with Crippen molar-refractivity contribution in [3.63, 3.8) is 0 Å². The van der Waals surface area contributed by atoms with E-state index < -0.39 is 0 Å². The van der Waals surface area contributed by atoms with Crippen LogP contribution < -0.4 is 15.4 Å². The van der Waals surface area contributed by atoms with Crippen LogP contribution in [0.4, 0.5) is 10.5 Å². The largest absolute Gasteiger partial charge is 0.489 e. The standard InChI is InChI=1S/C23H27N3O2/c1-17-5-2-3-8-22(17)26-23(27)25-20-7-4-6-19(15-20)16-28-21-11-9-18(10-12-21)13-14-24/h4,6-7,9-12,15,17,22H,2-3,5,8,13,16H2,1H3,(H2,25,26,27). The smallest absolute Gasteiger partial charge is 0.319 e. The Hall–Kier alpha value is -3.00. The number of carbonyl (C=O) groups excluding carboxylic acids is 1. The molecule has 0 saturated heterocycles. The number of benzene rings is 2. The maximum atomic E-state index is 12.3. The Morgan fingerprint density at radius 1 is 1.14 bits per heavy atom. The Balaban J connectivity index is 1.52. The summed E-state index contributed by atoms with van der Waals surface area (Å²) in [5, 5.41) is 14.8. The third-order valence-electron chi connectivity index (χ3n) is 5.22. The summed E-state index contributed by atoms with van der Waals surface area (Å²) < 4.78 is 5.81. The molecule has 1 aliphatic rings. The van der Waals surface area contributed by atoms with Crippen molar-refractivity contribution in [2.24, 2.45) is 5.92 Å². The third kappa shape index (κ3) is 5.75. The highest BCUT2D eigenvalue weighted by atomic mass is 16.5. The summed E-state index contributed by atoms with van der Waals surface area (Å²) in [5.41, 5.74) is 2.70. The van der Waals surface area contributed by atoms with Crippen LogP contribution >= 0.6 is 0 Å². The number of anilines is 1. The molecule has 2 amide bonds. The van der Waals surface area contributed by atoms with Gasteiger partial charge >= 0.3 is 6.03 Å². The summed E-state index contributed by atoms with van der Waals surface area (Å²) in [6.07, 6.45) is 5.06. The predicted octanol–water partition coefficient (Wildman–Crippen LogP) is 5.03. The summed E-state index contributed by atoms with van der Waals surface area (Å²) in [5.74, 6) is 1.28. The van der Waals surface area contributed by atoms with E-state index in [2.05, 4.69) is 23.6 Å². The van der Waals surface area contributed by atoms with Gasteiger partial charge in [-0.25, -0.2) is 4.79 Å². The average Bonchev–Trinajstić information content (AvgIpc) is 2.70. The minimum Gasteiger partial charge on any atom is -0.489 e. The van der Waals surface area contributed by atoms with Gasteiger partial charge < -0.3 is 15.4 Å². The second-order valence-electron chi connectivity index (χ2n) is 7.43. The van der Waals surface area contributed by atoms with Gasteiger partial charge in [0.05, 0.1) is 12.5 Å². The molecule has 5 nitrogen and oxygen atoms in total. The van der Waals surface area contributed by atoms with E-state index in [1.54, 1.807) is 0 Å². The SMILES string of the molecule is CC1CCCCC1NC(=O)Nc1cccc(COc2ccc(CC#N)cc2)c1. The molecule has 0 bridgehead atoms. The fourth-order valence-corrected chi connectivity index (χ4v) is 3.57. The maximum absolute atomic E-state index is 12.3. The number of hydrogen-bond acceptors (Lipinski definition) is 3. The van der Waals surface area contributed by atoms with E-state index in [1.165, 1.54) is 19.3 Å². The zero-order chi connectivity index (χ0) is 19.8. The first-order valence-corrected chi connectivity index (χ1v) is 9.89. The predicted molar refractivity (Wildman–Crippen MR) is 110 cm³/mol. The van der Waals surface area contributed by atoms with Gasteiger partial charge in [-0.05, 0) is 54.2 Å². The Morgan fingerprint density at radius 2 is 1.93 bits per heavy atom. The van der Waals surface area contributed by atoms with Crippen LogP contribution in [-0.2, 0) is 13.0 Å². The topological polar surface area (TPSA) is 74.2 Å². The van der Waals surface area contributed by atoms with E-state index in [0.29, 0.717) is 18.9 Å². The summed E-state index contributed by atoms with van der Waals surface area (Å²) >= 11 is 0. The van der Waals surface area contributed by atoms with Crippen molar-refractivity contribution in [3.05, 3.63) is 59.7 Å². The lowest BCUT2D eigenvalue weighted by Gasteiger charge is -2.29. The van der Waals surface area contributed by atoms with Gasteiger partial charge in [-0.15, -0.1) is 0 Å². The molecule has 3 rings (SSSR count). The van der Waals surface area contributed by atoms with Gasteiger partial charge in [0.25, 0.3) is 0 Å². The quantitative estimate of drug-likeness (QED) is 0.741. The molecule has 2 unspecified atom stereocenters. The number of nitrogens with one attached hydrogen (secondary N) is 2. The van der Waals surface area contributed by atoms with E-state index in [-0.39, 0.29) is 12.1 Å². The van der Waals surface area contributed by atoms with Crippen LogP contribution in [0.1, 0.15) is 43.7 Å². The van der Waals surface area contributed by atoms with Crippen LogP contribution in [0.3, 0.4) is 0 Å². The number of carbonyl (C=O) groups is 1. The molecule has 1 aliphatic carbocycles. The van der Waals surface area contributed by atoms with Crippen molar-refractivity contribution in [1.29, 1.82) is 5.26 Å². The number of ether oxygens (including phenoxy) is 1. The number of amides is 2. The first kappa shape index (κ1) is 19.8. The van der Waals surface area contributed by atoms with Crippen LogP contribution in [0.5, 0.6) is 5.75 Å². The van der Waals surface area contributed by atoms with Gasteiger partial charge in [0.1, 0.15) is 12.4 Å². The number of nitrogens with zero attached hydrogens (tertiary/aromatic N) is 1. The Labute approximate surface area is 166 Å². The fourth-order valence-electron chi connectivity index (χ4n) is 3.57. The molecule has 1 saturated carbocycles. The van der Waals surface area contributed by atoms with E-state index in [9.17, 15) is 4.79 Å². The number of nitriles is 1. The number of hydrogen-bond donors (Lipinski definition) is 2. The van der Waals surface area contributed by atoms with Crippen molar-refractivity contribution in [2.45, 2.75) is 51.7 Å². The van der Waals surface area contributed by atoms with Crippen LogP contribution in [0.25, 0.3) is 0 Å². The van der Waals surface area contributed by atoms with E-state index in [0.717, 1.165) is 29.0 Å². The molecule has 146 valence electrons. The van der Waals surface area contributed by atoms with Crippen molar-refractivity contribution in [3.8, 4) is 11.8 Å². The first-order valence-electron chi connectivity index (χ1n) is 9.89. The highest BCUT2D eigenvalue weighted by Crippen LogP contribution is 2.24. The van der Waals surface area contributed by atoms with Gasteiger partial charge in [0.2, 0.25) is 0 Å². The molecule has 28 heavy (non-hydrogen) atoms. The van der Waals surface area contributed by atoms with Gasteiger partial charge in [-0.1, -0.05) is 44.0 Å². The van der Waals surface area contributed by atoms with Crippen LogP contribution in [0.2, 0.25) is 0 Å². The lowest BCUT2D eigenvalue weighted by Crippen LogP contribution is -2.43. The average molecular weight is 377 g/mol. The fraction of sp³-hybridized carbons (Fsp3) is 0.391. The lowest BCUT2D eigenvalue weighted by molar-refractivity contribution is 0.232. The zero-order valence-electron chi connectivity index (χ0n) is 16.3. The molecular formula is C23H27N3O2. The third-order valence-corrected chi connectivity index (χ3v) is 5.22. The molecule has 0 radical (unpaired) electrons. The Morgan fingerprint density at radius 3 is 2.68 bits per heavy atom. The maximum Gasteiger partial charge on any atom is 0.319 e. The van der Waals surface area contributed by atoms with Crippen molar-refractivity contribution >= 4 is 11.7 Å². The summed E-state index contributed by atoms with van der Waals surface area (Å²) in [4.78, 5) is 12.3. The van der Waals surface area contributed by atoms with E-state index in [4.69, 9.17) is 10.00 Å². The number of urea groups is 1. The zero-order valence-corrected chi connectivity index (χ0v) is 16.3. The highest BCUT2D eigenvalue weighted by Gasteiger charge is 2.22. The molecule has 0 aromatic heterocycles. The van der Waals surface area contributed by atoms with Crippen molar-refractivity contribution in [1.82, 2.24) is 5.32 Å². The second-order valence-corrected chi connectivity index (χ2v) is 7.43. The first-order chi connectivity index (χ1) is 13.6. The molecule has 2 atom stereocenters. The molecule has 1 fully saturated rings. The van der Waals surface area contributed by atoms with Gasteiger partial charge in [-0.3, -0.25) is 0 Å². The van der Waals surface area contributed by atoms with Crippen LogP contribution in [0.15, 0.2) is 48.5 Å². The number of rotatable bonds is 6. The second kappa shape index (κ2) is 9.80. The van der Waals surface area contributed by atoms with Gasteiger partial charge in [0, 0.05) is 11.7 Å². The molecule has 5 heteroatoms. The minimum atomic E-state index is -0.148. The summed E-state index contributed by atoms with van der Waals surface area (Å²) in [6, 6.07) is 17.4. The molecule has 2 aromatic carbocycles. The van der Waals surface area contributed by atoms with Crippen LogP contribution in [0, 0.1) is 17.2 Å². The molecule has 0 spiro atoms. The summed E-state index contributed by atoms with van der Waals surface area (Å²) in [7, 11) is 0. The molecule has 0 heterocycles. The molecule has 0 aliphatic heterocycles. The monoisotopic (exact) mass is 377 g/mol. The van der Waals surface area contributed by atoms with Gasteiger partial charge in [-0.2, -0.15) is 5.26 Å². The van der Waals surface area contributed by atoms with Crippen LogP contribution in [-0.4, -0.2) is 12.1 Å². The van der Waals surface area contributed by atoms with Gasteiger partial charge in [0.15, 0.2) is 0 Å². The summed E-state index contributed by atoms with van der Waals surface area (Å²) in [6.45, 7) is 2.61. The normalized spacial score (nSPS) is 18.7. The Bertz CT molecular complexity index is 826. The van der Waals surface area contributed by atoms with Crippen molar-refractivity contribution in [2.75, 3.05) is 5.32 Å². The van der Waals surface area contributed by atoms with E-state index >= 15 is 0 Å². The molecule has 2 aromatic rings. The molecular weight excluding hydrogens is 350 g/mol. The van der Waals surface area contributed by atoms with E-state index in [1.807, 2.05) is 48.5 Å². The Kier molecular flexibility index (Phi) is 6.91. The highest BCUT2D eigenvalue weighted by molar-refractivity contribution is 5.89. The lowest BCUT2D eigenvalue weighted by atomic mass is 9.86. The van der Waals surface area contributed by atoms with Crippen molar-refractivity contribution < 1.29 is 9.53 Å². The minimum absolute atomic E-state index is 0.148.